The lowest BCUT2D eigenvalue weighted by Gasteiger charge is -2.28. The van der Waals surface area contributed by atoms with Gasteiger partial charge in [0.25, 0.3) is 5.91 Å². The van der Waals surface area contributed by atoms with Gasteiger partial charge in [0.2, 0.25) is 0 Å². The summed E-state index contributed by atoms with van der Waals surface area (Å²) in [4.78, 5) is 23.5. The number of ether oxygens (including phenoxy) is 1. The average molecular weight is 338 g/mol. The minimum absolute atomic E-state index is 0.00132. The van der Waals surface area contributed by atoms with Crippen LogP contribution in [-0.4, -0.2) is 47.0 Å². The molecule has 0 saturated carbocycles. The van der Waals surface area contributed by atoms with Crippen LogP contribution in [0.1, 0.15) is 29.4 Å². The first kappa shape index (κ1) is 16.0. The molecule has 0 bridgehead atoms. The molecule has 1 aromatic carbocycles. The maximum atomic E-state index is 12.4. The van der Waals surface area contributed by atoms with Gasteiger partial charge in [0.1, 0.15) is 11.6 Å². The van der Waals surface area contributed by atoms with Gasteiger partial charge in [0.05, 0.1) is 5.69 Å². The van der Waals surface area contributed by atoms with Crippen LogP contribution < -0.4 is 10.1 Å². The van der Waals surface area contributed by atoms with Crippen molar-refractivity contribution in [2.24, 2.45) is 0 Å². The predicted molar refractivity (Wildman–Crippen MR) is 93.3 cm³/mol. The summed E-state index contributed by atoms with van der Waals surface area (Å²) in [5, 5.41) is 3.35. The van der Waals surface area contributed by atoms with E-state index < -0.39 is 0 Å². The molecule has 1 saturated heterocycles. The largest absolute Gasteiger partial charge is 0.484 e. The molecule has 25 heavy (non-hydrogen) atoms. The zero-order valence-electron chi connectivity index (χ0n) is 14.1. The van der Waals surface area contributed by atoms with Crippen molar-refractivity contribution in [3.63, 3.8) is 0 Å². The summed E-state index contributed by atoms with van der Waals surface area (Å²) < 4.78 is 5.57. The summed E-state index contributed by atoms with van der Waals surface area (Å²) in [6.45, 7) is 3.31. The molecule has 1 N–H and O–H groups in total. The van der Waals surface area contributed by atoms with Gasteiger partial charge in [-0.15, -0.1) is 0 Å². The number of hydrogen-bond donors (Lipinski definition) is 1. The van der Waals surface area contributed by atoms with Crippen LogP contribution in [0, 0.1) is 0 Å². The number of carbonyl (C=O) groups excluding carboxylic acids is 1. The number of fused-ring (bicyclic) bond motifs is 1. The van der Waals surface area contributed by atoms with E-state index in [9.17, 15) is 4.79 Å². The highest BCUT2D eigenvalue weighted by Crippen LogP contribution is 2.22. The molecule has 1 amide bonds. The van der Waals surface area contributed by atoms with Crippen molar-refractivity contribution < 1.29 is 9.53 Å². The molecule has 6 nitrogen and oxygen atoms in total. The van der Waals surface area contributed by atoms with Crippen LogP contribution in [0.2, 0.25) is 0 Å². The van der Waals surface area contributed by atoms with Crippen molar-refractivity contribution in [1.29, 1.82) is 0 Å². The maximum absolute atomic E-state index is 12.4. The van der Waals surface area contributed by atoms with Crippen molar-refractivity contribution in [2.75, 3.05) is 26.2 Å². The summed E-state index contributed by atoms with van der Waals surface area (Å²) in [5.41, 5.74) is 2.14. The SMILES string of the molecule is O=C(COc1ccccc1)N1CCc2nc(C3CCNC3)ncc2C1. The summed E-state index contributed by atoms with van der Waals surface area (Å²) in [5.74, 6) is 2.07. The third-order valence-corrected chi connectivity index (χ3v) is 4.84. The smallest absolute Gasteiger partial charge is 0.260 e. The van der Waals surface area contributed by atoms with Crippen molar-refractivity contribution in [2.45, 2.75) is 25.3 Å². The summed E-state index contributed by atoms with van der Waals surface area (Å²) in [6.07, 6.45) is 3.77. The molecule has 4 rings (SSSR count). The molecule has 3 heterocycles. The number of rotatable bonds is 4. The van der Waals surface area contributed by atoms with Crippen LogP contribution in [0.25, 0.3) is 0 Å². The van der Waals surface area contributed by atoms with Gasteiger partial charge >= 0.3 is 0 Å². The first-order valence-corrected chi connectivity index (χ1v) is 8.80. The maximum Gasteiger partial charge on any atom is 0.260 e. The number of benzene rings is 1. The summed E-state index contributed by atoms with van der Waals surface area (Å²) in [6, 6.07) is 9.42. The van der Waals surface area contributed by atoms with Gasteiger partial charge in [0, 0.05) is 43.7 Å². The third-order valence-electron chi connectivity index (χ3n) is 4.84. The van der Waals surface area contributed by atoms with E-state index in [1.165, 1.54) is 0 Å². The molecule has 2 aromatic rings. The fourth-order valence-electron chi connectivity index (χ4n) is 3.37. The fourth-order valence-corrected chi connectivity index (χ4v) is 3.37. The first-order valence-electron chi connectivity index (χ1n) is 8.80. The van der Waals surface area contributed by atoms with Crippen LogP contribution in [0.4, 0.5) is 0 Å². The molecular formula is C19H22N4O2. The lowest BCUT2D eigenvalue weighted by molar-refractivity contribution is -0.134. The molecular weight excluding hydrogens is 316 g/mol. The number of hydrogen-bond acceptors (Lipinski definition) is 5. The van der Waals surface area contributed by atoms with E-state index in [-0.39, 0.29) is 12.5 Å². The molecule has 1 atom stereocenters. The fraction of sp³-hybridized carbons (Fsp3) is 0.421. The van der Waals surface area contributed by atoms with Crippen LogP contribution in [0.3, 0.4) is 0 Å². The monoisotopic (exact) mass is 338 g/mol. The van der Waals surface area contributed by atoms with Gasteiger partial charge < -0.3 is 15.0 Å². The van der Waals surface area contributed by atoms with Gasteiger partial charge in [-0.2, -0.15) is 0 Å². The second-order valence-corrected chi connectivity index (χ2v) is 6.56. The van der Waals surface area contributed by atoms with Crippen molar-refractivity contribution >= 4 is 5.91 Å². The lowest BCUT2D eigenvalue weighted by Crippen LogP contribution is -2.39. The standard InChI is InChI=1S/C19H22N4O2/c24-18(13-25-16-4-2-1-3-5-16)23-9-7-17-15(12-23)11-21-19(22-17)14-6-8-20-10-14/h1-5,11,14,20H,6-10,12-13H2. The van der Waals surface area contributed by atoms with E-state index in [0.29, 0.717) is 24.8 Å². The van der Waals surface area contributed by atoms with E-state index in [1.807, 2.05) is 41.4 Å². The van der Waals surface area contributed by atoms with Gasteiger partial charge in [-0.1, -0.05) is 18.2 Å². The Bertz CT molecular complexity index is 744. The molecule has 0 radical (unpaired) electrons. The molecule has 6 heteroatoms. The lowest BCUT2D eigenvalue weighted by atomic mass is 10.0. The molecule has 1 aromatic heterocycles. The van der Waals surface area contributed by atoms with E-state index in [1.54, 1.807) is 0 Å². The highest BCUT2D eigenvalue weighted by atomic mass is 16.5. The van der Waals surface area contributed by atoms with Crippen LogP contribution in [-0.2, 0) is 17.8 Å². The van der Waals surface area contributed by atoms with Crippen LogP contribution in [0.15, 0.2) is 36.5 Å². The topological polar surface area (TPSA) is 67.3 Å². The van der Waals surface area contributed by atoms with Crippen molar-refractivity contribution in [1.82, 2.24) is 20.2 Å². The van der Waals surface area contributed by atoms with Gasteiger partial charge in [-0.25, -0.2) is 9.97 Å². The Morgan fingerprint density at radius 2 is 2.20 bits per heavy atom. The van der Waals surface area contributed by atoms with E-state index >= 15 is 0 Å². The Kier molecular flexibility index (Phi) is 4.61. The molecule has 2 aliphatic heterocycles. The number of aromatic nitrogens is 2. The van der Waals surface area contributed by atoms with Gasteiger partial charge in [-0.05, 0) is 25.1 Å². The normalized spacial score (nSPS) is 19.5. The third kappa shape index (κ3) is 3.64. The Hall–Kier alpha value is -2.47. The zero-order chi connectivity index (χ0) is 17.1. The summed E-state index contributed by atoms with van der Waals surface area (Å²) in [7, 11) is 0. The number of nitrogens with zero attached hydrogens (tertiary/aromatic N) is 3. The second-order valence-electron chi connectivity index (χ2n) is 6.56. The number of para-hydroxylation sites is 1. The van der Waals surface area contributed by atoms with Crippen LogP contribution >= 0.6 is 0 Å². The van der Waals surface area contributed by atoms with Crippen molar-refractivity contribution in [3.05, 3.63) is 53.6 Å². The number of nitrogens with one attached hydrogen (secondary N) is 1. The highest BCUT2D eigenvalue weighted by Gasteiger charge is 2.25. The molecule has 0 spiro atoms. The van der Waals surface area contributed by atoms with E-state index in [2.05, 4.69) is 10.3 Å². The zero-order valence-corrected chi connectivity index (χ0v) is 14.1. The van der Waals surface area contributed by atoms with E-state index in [0.717, 1.165) is 43.0 Å². The second kappa shape index (κ2) is 7.19. The number of amides is 1. The van der Waals surface area contributed by atoms with Crippen LogP contribution in [0.5, 0.6) is 5.75 Å². The quantitative estimate of drug-likeness (QED) is 0.915. The minimum Gasteiger partial charge on any atom is -0.484 e. The van der Waals surface area contributed by atoms with Crippen molar-refractivity contribution in [3.8, 4) is 5.75 Å². The summed E-state index contributed by atoms with van der Waals surface area (Å²) >= 11 is 0. The van der Waals surface area contributed by atoms with Gasteiger partial charge in [-0.3, -0.25) is 4.79 Å². The van der Waals surface area contributed by atoms with E-state index in [4.69, 9.17) is 9.72 Å². The molecule has 2 aliphatic rings. The minimum atomic E-state index is -0.00132. The Labute approximate surface area is 147 Å². The predicted octanol–water partition coefficient (Wildman–Crippen LogP) is 1.52. The Balaban J connectivity index is 1.38. The Morgan fingerprint density at radius 1 is 1.32 bits per heavy atom. The highest BCUT2D eigenvalue weighted by molar-refractivity contribution is 5.78. The molecule has 1 fully saturated rings. The average Bonchev–Trinajstić information content (AvgIpc) is 3.21. The molecule has 0 aliphatic carbocycles. The molecule has 1 unspecified atom stereocenters. The van der Waals surface area contributed by atoms with Gasteiger partial charge in [0.15, 0.2) is 6.61 Å². The molecule has 130 valence electrons. The Morgan fingerprint density at radius 3 is 3.00 bits per heavy atom. The number of carbonyl (C=O) groups is 1. The first-order chi connectivity index (χ1) is 12.3.